The predicted octanol–water partition coefficient (Wildman–Crippen LogP) is 2.16. The SMILES string of the molecule is Cc1ccc(NCc2nc(C(=O)O)cs2)nc1. The van der Waals surface area contributed by atoms with Gasteiger partial charge in [0.1, 0.15) is 10.8 Å². The number of rotatable bonds is 4. The predicted molar refractivity (Wildman–Crippen MR) is 65.4 cm³/mol. The van der Waals surface area contributed by atoms with Crippen LogP contribution < -0.4 is 5.32 Å². The standard InChI is InChI=1S/C11H11N3O2S/c1-7-2-3-9(12-4-7)13-5-10-14-8(6-17-10)11(15)16/h2-4,6H,5H2,1H3,(H,12,13)(H,15,16). The van der Waals surface area contributed by atoms with Gasteiger partial charge in [-0.25, -0.2) is 14.8 Å². The van der Waals surface area contributed by atoms with Crippen LogP contribution in [-0.4, -0.2) is 21.0 Å². The molecule has 0 bridgehead atoms. The number of carbonyl (C=O) groups is 1. The minimum absolute atomic E-state index is 0.0867. The van der Waals surface area contributed by atoms with Crippen molar-refractivity contribution in [3.63, 3.8) is 0 Å². The lowest BCUT2D eigenvalue weighted by Gasteiger charge is -2.02. The number of thiazole rings is 1. The molecule has 2 aromatic rings. The van der Waals surface area contributed by atoms with Crippen molar-refractivity contribution in [3.05, 3.63) is 40.0 Å². The number of hydrogen-bond donors (Lipinski definition) is 2. The maximum Gasteiger partial charge on any atom is 0.355 e. The van der Waals surface area contributed by atoms with Crippen LogP contribution in [0.3, 0.4) is 0 Å². The fraction of sp³-hybridized carbons (Fsp3) is 0.182. The summed E-state index contributed by atoms with van der Waals surface area (Å²) >= 11 is 1.32. The lowest BCUT2D eigenvalue weighted by molar-refractivity contribution is 0.0691. The lowest BCUT2D eigenvalue weighted by Crippen LogP contribution is -2.02. The largest absolute Gasteiger partial charge is 0.476 e. The Morgan fingerprint density at radius 3 is 2.94 bits per heavy atom. The van der Waals surface area contributed by atoms with E-state index in [0.29, 0.717) is 6.54 Å². The van der Waals surface area contributed by atoms with Gasteiger partial charge in [0, 0.05) is 11.6 Å². The number of nitrogens with zero attached hydrogens (tertiary/aromatic N) is 2. The van der Waals surface area contributed by atoms with Crippen molar-refractivity contribution in [1.29, 1.82) is 0 Å². The molecule has 2 aromatic heterocycles. The Kier molecular flexibility index (Phi) is 3.34. The summed E-state index contributed by atoms with van der Waals surface area (Å²) in [5.74, 6) is -0.247. The average molecular weight is 249 g/mol. The van der Waals surface area contributed by atoms with Crippen molar-refractivity contribution in [1.82, 2.24) is 9.97 Å². The highest BCUT2D eigenvalue weighted by molar-refractivity contribution is 7.09. The fourth-order valence-corrected chi connectivity index (χ4v) is 1.94. The van der Waals surface area contributed by atoms with E-state index in [1.807, 2.05) is 19.1 Å². The monoisotopic (exact) mass is 249 g/mol. The van der Waals surface area contributed by atoms with E-state index in [2.05, 4.69) is 15.3 Å². The van der Waals surface area contributed by atoms with E-state index >= 15 is 0 Å². The highest BCUT2D eigenvalue weighted by atomic mass is 32.1. The highest BCUT2D eigenvalue weighted by Crippen LogP contribution is 2.12. The van der Waals surface area contributed by atoms with Crippen LogP contribution in [0.5, 0.6) is 0 Å². The summed E-state index contributed by atoms with van der Waals surface area (Å²) in [6, 6.07) is 3.83. The Labute approximate surface area is 102 Å². The molecule has 0 fully saturated rings. The van der Waals surface area contributed by atoms with Crippen LogP contribution in [0.15, 0.2) is 23.7 Å². The van der Waals surface area contributed by atoms with E-state index in [4.69, 9.17) is 5.11 Å². The highest BCUT2D eigenvalue weighted by Gasteiger charge is 2.08. The first kappa shape index (κ1) is 11.5. The minimum atomic E-state index is -0.999. The number of pyridine rings is 1. The molecular formula is C11H11N3O2S. The molecule has 0 saturated carbocycles. The zero-order valence-corrected chi connectivity index (χ0v) is 9.99. The Morgan fingerprint density at radius 2 is 2.35 bits per heavy atom. The van der Waals surface area contributed by atoms with E-state index in [-0.39, 0.29) is 5.69 Å². The summed E-state index contributed by atoms with van der Waals surface area (Å²) in [5, 5.41) is 14.1. The maximum atomic E-state index is 10.6. The number of hydrogen-bond acceptors (Lipinski definition) is 5. The van der Waals surface area contributed by atoms with E-state index in [1.165, 1.54) is 16.7 Å². The van der Waals surface area contributed by atoms with Crippen LogP contribution in [0.25, 0.3) is 0 Å². The molecular weight excluding hydrogens is 238 g/mol. The molecule has 5 nitrogen and oxygen atoms in total. The second-order valence-corrected chi connectivity index (χ2v) is 4.45. The molecule has 0 spiro atoms. The number of aromatic nitrogens is 2. The van der Waals surface area contributed by atoms with Gasteiger partial charge in [0.2, 0.25) is 0 Å². The van der Waals surface area contributed by atoms with Crippen LogP contribution in [0.2, 0.25) is 0 Å². The third-order valence-electron chi connectivity index (χ3n) is 2.10. The molecule has 2 rings (SSSR count). The van der Waals surface area contributed by atoms with Gasteiger partial charge in [-0.05, 0) is 18.6 Å². The molecule has 0 amide bonds. The topological polar surface area (TPSA) is 75.1 Å². The number of aryl methyl sites for hydroxylation is 1. The number of nitrogens with one attached hydrogen (secondary N) is 1. The van der Waals surface area contributed by atoms with Crippen molar-refractivity contribution in [2.24, 2.45) is 0 Å². The van der Waals surface area contributed by atoms with Gasteiger partial charge in [0.05, 0.1) is 6.54 Å². The van der Waals surface area contributed by atoms with Gasteiger partial charge in [-0.1, -0.05) is 6.07 Å². The Hall–Kier alpha value is -1.95. The second kappa shape index (κ2) is 4.92. The third kappa shape index (κ3) is 3.01. The molecule has 2 heterocycles. The lowest BCUT2D eigenvalue weighted by atomic mass is 10.3. The van der Waals surface area contributed by atoms with Crippen molar-refractivity contribution in [2.45, 2.75) is 13.5 Å². The van der Waals surface area contributed by atoms with Gasteiger partial charge in [-0.15, -0.1) is 11.3 Å². The van der Waals surface area contributed by atoms with Gasteiger partial charge in [-0.3, -0.25) is 0 Å². The van der Waals surface area contributed by atoms with Crippen molar-refractivity contribution in [3.8, 4) is 0 Å². The molecule has 88 valence electrons. The van der Waals surface area contributed by atoms with E-state index in [0.717, 1.165) is 16.4 Å². The Balaban J connectivity index is 1.97. The molecule has 0 aliphatic heterocycles. The van der Waals surface area contributed by atoms with Crippen LogP contribution in [0.4, 0.5) is 5.82 Å². The van der Waals surface area contributed by atoms with E-state index < -0.39 is 5.97 Å². The molecule has 2 N–H and O–H groups in total. The molecule has 0 aliphatic rings. The first-order chi connectivity index (χ1) is 8.15. The molecule has 0 atom stereocenters. The van der Waals surface area contributed by atoms with E-state index in [9.17, 15) is 4.79 Å². The number of carboxylic acid groups (broad SMARTS) is 1. The molecule has 0 saturated heterocycles. The van der Waals surface area contributed by atoms with Crippen LogP contribution in [0.1, 0.15) is 21.1 Å². The van der Waals surface area contributed by atoms with Crippen LogP contribution in [-0.2, 0) is 6.54 Å². The van der Waals surface area contributed by atoms with Crippen molar-refractivity contribution < 1.29 is 9.90 Å². The molecule has 6 heteroatoms. The van der Waals surface area contributed by atoms with Crippen LogP contribution >= 0.6 is 11.3 Å². The average Bonchev–Trinajstić information content (AvgIpc) is 2.77. The second-order valence-electron chi connectivity index (χ2n) is 3.51. The number of anilines is 1. The first-order valence-electron chi connectivity index (χ1n) is 4.99. The molecule has 0 aromatic carbocycles. The number of aromatic carboxylic acids is 1. The molecule has 17 heavy (non-hydrogen) atoms. The smallest absolute Gasteiger partial charge is 0.355 e. The quantitative estimate of drug-likeness (QED) is 0.868. The van der Waals surface area contributed by atoms with Gasteiger partial charge < -0.3 is 10.4 Å². The summed E-state index contributed by atoms with van der Waals surface area (Å²) in [6.07, 6.45) is 1.77. The zero-order valence-electron chi connectivity index (χ0n) is 9.17. The number of carboxylic acids is 1. The van der Waals surface area contributed by atoms with Gasteiger partial charge >= 0.3 is 5.97 Å². The van der Waals surface area contributed by atoms with Crippen LogP contribution in [0, 0.1) is 6.92 Å². The first-order valence-corrected chi connectivity index (χ1v) is 5.87. The Morgan fingerprint density at radius 1 is 1.53 bits per heavy atom. The maximum absolute atomic E-state index is 10.6. The third-order valence-corrected chi connectivity index (χ3v) is 2.95. The molecule has 0 aliphatic carbocycles. The summed E-state index contributed by atoms with van der Waals surface area (Å²) in [5.41, 5.74) is 1.18. The van der Waals surface area contributed by atoms with Gasteiger partial charge in [0.25, 0.3) is 0 Å². The minimum Gasteiger partial charge on any atom is -0.476 e. The molecule has 0 radical (unpaired) electrons. The summed E-state index contributed by atoms with van der Waals surface area (Å²) in [4.78, 5) is 18.8. The molecule has 0 unspecified atom stereocenters. The van der Waals surface area contributed by atoms with Gasteiger partial charge in [0.15, 0.2) is 5.69 Å². The Bertz CT molecular complexity index is 522. The fourth-order valence-electron chi connectivity index (χ4n) is 1.23. The summed E-state index contributed by atoms with van der Waals surface area (Å²) < 4.78 is 0. The van der Waals surface area contributed by atoms with Gasteiger partial charge in [-0.2, -0.15) is 0 Å². The normalized spacial score (nSPS) is 10.2. The van der Waals surface area contributed by atoms with Crippen molar-refractivity contribution >= 4 is 23.1 Å². The van der Waals surface area contributed by atoms with Crippen molar-refractivity contribution in [2.75, 3.05) is 5.32 Å². The van der Waals surface area contributed by atoms with E-state index in [1.54, 1.807) is 6.20 Å². The summed E-state index contributed by atoms with van der Waals surface area (Å²) in [7, 11) is 0. The summed E-state index contributed by atoms with van der Waals surface area (Å²) in [6.45, 7) is 2.45. The zero-order chi connectivity index (χ0) is 12.3.